The molecule has 2 N–H and O–H groups in total. The minimum absolute atomic E-state index is 0.504. The second-order valence-corrected chi connectivity index (χ2v) is 4.96. The molecule has 0 aliphatic heterocycles. The van der Waals surface area contributed by atoms with Crippen LogP contribution in [0.3, 0.4) is 0 Å². The van der Waals surface area contributed by atoms with E-state index in [0.717, 1.165) is 23.3 Å². The summed E-state index contributed by atoms with van der Waals surface area (Å²) in [5.41, 5.74) is 2.94. The van der Waals surface area contributed by atoms with Crippen molar-refractivity contribution in [2.45, 2.75) is 26.5 Å². The number of nitrogens with one attached hydrogen (secondary N) is 1. The van der Waals surface area contributed by atoms with Gasteiger partial charge in [0.2, 0.25) is 0 Å². The molecule has 0 fully saturated rings. The van der Waals surface area contributed by atoms with E-state index in [2.05, 4.69) is 19.9 Å². The van der Waals surface area contributed by atoms with Crippen LogP contribution in [-0.4, -0.2) is 31.2 Å². The van der Waals surface area contributed by atoms with Crippen molar-refractivity contribution in [2.75, 3.05) is 6.54 Å². The number of benzene rings is 1. The molecule has 0 bridgehead atoms. The van der Waals surface area contributed by atoms with Crippen molar-refractivity contribution >= 4 is 11.2 Å². The standard InChI is InChI=1S/C16H19N5O/c1-3-17-14-12-16(21(4-2)10-18-14)20-15(19-12)13(22)11-8-6-5-7-9-11/h5-10,13,22H,3-4H2,1-2H3,(H,19,20). The highest BCUT2D eigenvalue weighted by molar-refractivity contribution is 5.69. The summed E-state index contributed by atoms with van der Waals surface area (Å²) in [5, 5.41) is 10.5. The third-order valence-corrected chi connectivity index (χ3v) is 3.54. The van der Waals surface area contributed by atoms with E-state index >= 15 is 0 Å². The van der Waals surface area contributed by atoms with Crippen LogP contribution in [0.25, 0.3) is 11.2 Å². The smallest absolute Gasteiger partial charge is 0.176 e. The lowest BCUT2D eigenvalue weighted by Crippen LogP contribution is -2.14. The summed E-state index contributed by atoms with van der Waals surface area (Å²) >= 11 is 0. The summed E-state index contributed by atoms with van der Waals surface area (Å²) in [6.45, 7) is 5.39. The van der Waals surface area contributed by atoms with Gasteiger partial charge in [0.05, 0.1) is 6.33 Å². The molecule has 114 valence electrons. The number of hydrogen-bond acceptors (Lipinski definition) is 4. The molecule has 2 heterocycles. The van der Waals surface area contributed by atoms with Gasteiger partial charge in [-0.15, -0.1) is 0 Å². The van der Waals surface area contributed by atoms with Gasteiger partial charge in [-0.2, -0.15) is 0 Å². The van der Waals surface area contributed by atoms with Crippen LogP contribution in [0, 0.1) is 0 Å². The van der Waals surface area contributed by atoms with Gasteiger partial charge in [-0.3, -0.25) is 4.99 Å². The molecule has 0 spiro atoms. The Morgan fingerprint density at radius 1 is 1.27 bits per heavy atom. The van der Waals surface area contributed by atoms with Crippen LogP contribution in [0.1, 0.15) is 31.3 Å². The van der Waals surface area contributed by atoms with E-state index in [1.807, 2.05) is 48.7 Å². The molecule has 2 aromatic heterocycles. The van der Waals surface area contributed by atoms with Crippen molar-refractivity contribution in [1.82, 2.24) is 19.5 Å². The van der Waals surface area contributed by atoms with Gasteiger partial charge in [0.25, 0.3) is 0 Å². The molecule has 6 heteroatoms. The molecule has 1 atom stereocenters. The minimum Gasteiger partial charge on any atom is -0.380 e. The molecule has 0 amide bonds. The number of imidazole rings is 1. The highest BCUT2D eigenvalue weighted by atomic mass is 16.3. The first-order valence-electron chi connectivity index (χ1n) is 7.43. The number of aromatic amines is 1. The van der Waals surface area contributed by atoms with E-state index in [1.165, 1.54) is 0 Å². The van der Waals surface area contributed by atoms with Gasteiger partial charge in [0.15, 0.2) is 11.1 Å². The van der Waals surface area contributed by atoms with Crippen LogP contribution < -0.4 is 5.49 Å². The molecule has 0 saturated carbocycles. The van der Waals surface area contributed by atoms with Crippen molar-refractivity contribution in [3.63, 3.8) is 0 Å². The maximum atomic E-state index is 10.5. The quantitative estimate of drug-likeness (QED) is 0.770. The van der Waals surface area contributed by atoms with Gasteiger partial charge in [-0.1, -0.05) is 30.3 Å². The monoisotopic (exact) mass is 297 g/mol. The Bertz CT molecular complexity index is 835. The predicted molar refractivity (Wildman–Crippen MR) is 84.2 cm³/mol. The fourth-order valence-corrected chi connectivity index (χ4v) is 2.41. The van der Waals surface area contributed by atoms with Crippen LogP contribution in [0.2, 0.25) is 0 Å². The van der Waals surface area contributed by atoms with Crippen molar-refractivity contribution in [3.8, 4) is 0 Å². The zero-order valence-electron chi connectivity index (χ0n) is 12.7. The van der Waals surface area contributed by atoms with Crippen molar-refractivity contribution in [1.29, 1.82) is 0 Å². The molecule has 1 aromatic carbocycles. The van der Waals surface area contributed by atoms with Crippen molar-refractivity contribution in [2.24, 2.45) is 4.99 Å². The molecule has 0 aliphatic carbocycles. The van der Waals surface area contributed by atoms with E-state index in [1.54, 1.807) is 6.33 Å². The highest BCUT2D eigenvalue weighted by Crippen LogP contribution is 2.20. The molecule has 22 heavy (non-hydrogen) atoms. The fourth-order valence-electron chi connectivity index (χ4n) is 2.41. The number of H-pyrrole nitrogens is 1. The largest absolute Gasteiger partial charge is 0.380 e. The van der Waals surface area contributed by atoms with Gasteiger partial charge in [-0.05, 0) is 19.4 Å². The first kappa shape index (κ1) is 14.5. The molecule has 6 nitrogen and oxygen atoms in total. The Labute approximate surface area is 128 Å². The van der Waals surface area contributed by atoms with Crippen molar-refractivity contribution < 1.29 is 5.11 Å². The Hall–Kier alpha value is -2.47. The van der Waals surface area contributed by atoms with E-state index in [0.29, 0.717) is 17.9 Å². The second-order valence-electron chi connectivity index (χ2n) is 4.96. The number of hydrogen-bond donors (Lipinski definition) is 2. The summed E-state index contributed by atoms with van der Waals surface area (Å²) in [4.78, 5) is 16.5. The highest BCUT2D eigenvalue weighted by Gasteiger charge is 2.16. The maximum absolute atomic E-state index is 10.5. The molecular weight excluding hydrogens is 278 g/mol. The molecular formula is C16H19N5O. The number of fused-ring (bicyclic) bond motifs is 1. The lowest BCUT2D eigenvalue weighted by molar-refractivity contribution is 0.211. The van der Waals surface area contributed by atoms with E-state index in [4.69, 9.17) is 0 Å². The summed E-state index contributed by atoms with van der Waals surface area (Å²) in [6, 6.07) is 9.46. The van der Waals surface area contributed by atoms with Crippen LogP contribution >= 0.6 is 0 Å². The van der Waals surface area contributed by atoms with E-state index < -0.39 is 6.10 Å². The van der Waals surface area contributed by atoms with Gasteiger partial charge in [0.1, 0.15) is 17.4 Å². The number of aryl methyl sites for hydroxylation is 1. The molecule has 3 rings (SSSR count). The van der Waals surface area contributed by atoms with Gasteiger partial charge >= 0.3 is 0 Å². The molecule has 0 saturated heterocycles. The van der Waals surface area contributed by atoms with E-state index in [9.17, 15) is 5.11 Å². The Kier molecular flexibility index (Phi) is 4.02. The number of rotatable bonds is 4. The van der Waals surface area contributed by atoms with E-state index in [-0.39, 0.29) is 0 Å². The lowest BCUT2D eigenvalue weighted by Gasteiger charge is -2.06. The summed E-state index contributed by atoms with van der Waals surface area (Å²) in [6.07, 6.45) is 0.935. The first-order valence-corrected chi connectivity index (χ1v) is 7.43. The van der Waals surface area contributed by atoms with Crippen LogP contribution in [0.15, 0.2) is 41.7 Å². The number of aromatic nitrogens is 4. The predicted octanol–water partition coefficient (Wildman–Crippen LogP) is 1.78. The number of aliphatic hydroxyl groups excluding tert-OH is 1. The minimum atomic E-state index is -0.798. The number of nitrogens with zero attached hydrogens (tertiary/aromatic N) is 4. The topological polar surface area (TPSA) is 79.1 Å². The normalized spacial score (nSPS) is 13.7. The molecule has 0 radical (unpaired) electrons. The SMILES string of the molecule is CCN=c1ncn(CC)c2nc(C(O)c3ccccc3)[nH]c12. The van der Waals surface area contributed by atoms with Crippen LogP contribution in [-0.2, 0) is 6.54 Å². The second kappa shape index (κ2) is 6.11. The molecule has 0 aliphatic rings. The van der Waals surface area contributed by atoms with Crippen LogP contribution in [0.5, 0.6) is 0 Å². The average Bonchev–Trinajstić information content (AvgIpc) is 3.01. The maximum Gasteiger partial charge on any atom is 0.176 e. The van der Waals surface area contributed by atoms with Crippen LogP contribution in [0.4, 0.5) is 0 Å². The molecule has 3 aromatic rings. The fraction of sp³-hybridized carbons (Fsp3) is 0.312. The van der Waals surface area contributed by atoms with Crippen molar-refractivity contribution in [3.05, 3.63) is 53.5 Å². The third-order valence-electron chi connectivity index (χ3n) is 3.54. The molecule has 1 unspecified atom stereocenters. The zero-order valence-corrected chi connectivity index (χ0v) is 12.7. The number of aliphatic hydroxyl groups is 1. The average molecular weight is 297 g/mol. The summed E-state index contributed by atoms with van der Waals surface area (Å²) in [5.74, 6) is 0.504. The lowest BCUT2D eigenvalue weighted by atomic mass is 10.1. The van der Waals surface area contributed by atoms with Gasteiger partial charge in [0, 0.05) is 13.1 Å². The Morgan fingerprint density at radius 2 is 2.05 bits per heavy atom. The van der Waals surface area contributed by atoms with Gasteiger partial charge in [-0.25, -0.2) is 9.97 Å². The first-order chi connectivity index (χ1) is 10.7. The Balaban J connectivity index is 2.16. The summed E-state index contributed by atoms with van der Waals surface area (Å²) in [7, 11) is 0. The third kappa shape index (κ3) is 2.53. The van der Waals surface area contributed by atoms with Gasteiger partial charge < -0.3 is 14.7 Å². The zero-order chi connectivity index (χ0) is 15.5. The summed E-state index contributed by atoms with van der Waals surface area (Å²) < 4.78 is 1.93. The Morgan fingerprint density at radius 3 is 2.73 bits per heavy atom.